The quantitative estimate of drug-likeness (QED) is 0.419. The lowest BCUT2D eigenvalue weighted by molar-refractivity contribution is 0.0360. The Morgan fingerprint density at radius 1 is 0.912 bits per heavy atom. The van der Waals surface area contributed by atoms with Crippen LogP contribution >= 0.6 is 0 Å². The van der Waals surface area contributed by atoms with Crippen LogP contribution in [0.15, 0.2) is 53.5 Å². The van der Waals surface area contributed by atoms with Gasteiger partial charge in [0.1, 0.15) is 0 Å². The molecule has 1 aliphatic rings. The van der Waals surface area contributed by atoms with Crippen molar-refractivity contribution in [2.75, 3.05) is 32.8 Å². The number of aryl methyl sites for hydroxylation is 3. The molecule has 0 aliphatic carbocycles. The van der Waals surface area contributed by atoms with Gasteiger partial charge in [-0.05, 0) is 44.5 Å². The monoisotopic (exact) mass is 459 g/mol. The van der Waals surface area contributed by atoms with Crippen LogP contribution in [-0.2, 0) is 24.4 Å². The minimum Gasteiger partial charge on any atom is -0.379 e. The van der Waals surface area contributed by atoms with E-state index >= 15 is 0 Å². The largest absolute Gasteiger partial charge is 0.379 e. The summed E-state index contributed by atoms with van der Waals surface area (Å²) in [5.74, 6) is 0. The summed E-state index contributed by atoms with van der Waals surface area (Å²) >= 11 is 0. The second kappa shape index (κ2) is 9.60. The normalized spacial score (nSPS) is 14.8. The molecule has 1 fully saturated rings. The zero-order chi connectivity index (χ0) is 23.7. The van der Waals surface area contributed by atoms with Gasteiger partial charge >= 0.3 is 5.69 Å². The van der Waals surface area contributed by atoms with Gasteiger partial charge in [-0.2, -0.15) is 5.10 Å². The minimum absolute atomic E-state index is 0.0530. The van der Waals surface area contributed by atoms with Gasteiger partial charge in [-0.15, -0.1) is 0 Å². The van der Waals surface area contributed by atoms with Crippen molar-refractivity contribution in [2.24, 2.45) is 0 Å². The number of imidazole rings is 1. The van der Waals surface area contributed by atoms with Crippen LogP contribution in [0.25, 0.3) is 33.4 Å². The topological polar surface area (TPSA) is 57.2 Å². The number of hydrogen-bond donors (Lipinski definition) is 0. The maximum Gasteiger partial charge on any atom is 0.329 e. The molecule has 0 radical (unpaired) electrons. The van der Waals surface area contributed by atoms with Crippen molar-refractivity contribution in [1.82, 2.24) is 23.8 Å². The number of rotatable bonds is 7. The molecule has 7 nitrogen and oxygen atoms in total. The first-order chi connectivity index (χ1) is 16.6. The number of ether oxygens (including phenoxy) is 1. The zero-order valence-electron chi connectivity index (χ0n) is 20.3. The van der Waals surface area contributed by atoms with Crippen LogP contribution in [0.1, 0.15) is 19.4 Å². The predicted octanol–water partition coefficient (Wildman–Crippen LogP) is 4.01. The number of nitrogens with zero attached hydrogens (tertiary/aromatic N) is 5. The van der Waals surface area contributed by atoms with Crippen LogP contribution in [0.3, 0.4) is 0 Å². The van der Waals surface area contributed by atoms with Gasteiger partial charge in [-0.25, -0.2) is 4.79 Å². The van der Waals surface area contributed by atoms with Crippen molar-refractivity contribution in [2.45, 2.75) is 40.4 Å². The Labute approximate surface area is 200 Å². The molecule has 1 saturated heterocycles. The summed E-state index contributed by atoms with van der Waals surface area (Å²) in [6, 6.07) is 15.0. The van der Waals surface area contributed by atoms with Crippen molar-refractivity contribution in [1.29, 1.82) is 0 Å². The summed E-state index contributed by atoms with van der Waals surface area (Å²) in [6.07, 6.45) is 1.98. The van der Waals surface area contributed by atoms with Crippen LogP contribution in [0.5, 0.6) is 0 Å². The van der Waals surface area contributed by atoms with E-state index in [0.717, 1.165) is 72.8 Å². The molecule has 178 valence electrons. The van der Waals surface area contributed by atoms with E-state index in [9.17, 15) is 4.79 Å². The highest BCUT2D eigenvalue weighted by Crippen LogP contribution is 2.34. The summed E-state index contributed by atoms with van der Waals surface area (Å²) in [4.78, 5) is 15.3. The third-order valence-corrected chi connectivity index (χ3v) is 6.82. The van der Waals surface area contributed by atoms with Gasteiger partial charge in [-0.3, -0.25) is 18.7 Å². The highest BCUT2D eigenvalue weighted by molar-refractivity contribution is 5.87. The standard InChI is InChI=1S/C27H33N5O2/c1-4-30-24-10-9-21(18-25(24)31(5-2)27(30)33)23-19-28-32(12-11-29-13-15-34-16-14-29)26(23)22-8-6-7-20(3)17-22/h6-10,17-19H,4-5,11-16H2,1-3H3. The van der Waals surface area contributed by atoms with E-state index in [1.54, 1.807) is 0 Å². The van der Waals surface area contributed by atoms with Crippen LogP contribution < -0.4 is 5.69 Å². The Morgan fingerprint density at radius 2 is 1.68 bits per heavy atom. The summed E-state index contributed by atoms with van der Waals surface area (Å²) in [5, 5.41) is 4.83. The van der Waals surface area contributed by atoms with E-state index in [0.29, 0.717) is 13.1 Å². The molecule has 2 aromatic heterocycles. The molecule has 34 heavy (non-hydrogen) atoms. The second-order valence-electron chi connectivity index (χ2n) is 8.93. The Bertz CT molecular complexity index is 1360. The molecule has 0 unspecified atom stereocenters. The average Bonchev–Trinajstić information content (AvgIpc) is 3.40. The first-order valence-corrected chi connectivity index (χ1v) is 12.3. The lowest BCUT2D eigenvalue weighted by atomic mass is 10.00. The van der Waals surface area contributed by atoms with Crippen molar-refractivity contribution in [3.8, 4) is 22.4 Å². The molecular formula is C27H33N5O2. The van der Waals surface area contributed by atoms with Crippen LogP contribution in [-0.4, -0.2) is 56.7 Å². The highest BCUT2D eigenvalue weighted by Gasteiger charge is 2.19. The summed E-state index contributed by atoms with van der Waals surface area (Å²) in [6.45, 7) is 12.8. The van der Waals surface area contributed by atoms with Gasteiger partial charge in [-0.1, -0.05) is 29.8 Å². The van der Waals surface area contributed by atoms with E-state index in [2.05, 4.69) is 59.0 Å². The van der Waals surface area contributed by atoms with E-state index in [4.69, 9.17) is 9.84 Å². The Kier molecular flexibility index (Phi) is 6.39. The molecule has 0 saturated carbocycles. The van der Waals surface area contributed by atoms with Gasteiger partial charge in [0.25, 0.3) is 0 Å². The molecule has 7 heteroatoms. The lowest BCUT2D eigenvalue weighted by Crippen LogP contribution is -2.38. The fraction of sp³-hybridized carbons (Fsp3) is 0.407. The van der Waals surface area contributed by atoms with Crippen molar-refractivity contribution in [3.05, 3.63) is 64.7 Å². The van der Waals surface area contributed by atoms with E-state index < -0.39 is 0 Å². The SMILES string of the molecule is CCn1c(=O)n(CC)c2cc(-c3cnn(CCN4CCOCC4)c3-c3cccc(C)c3)ccc21. The number of hydrogen-bond acceptors (Lipinski definition) is 4. The number of benzene rings is 2. The molecule has 0 spiro atoms. The summed E-state index contributed by atoms with van der Waals surface area (Å²) in [7, 11) is 0. The van der Waals surface area contributed by atoms with E-state index in [1.807, 2.05) is 29.2 Å². The Balaban J connectivity index is 1.60. The van der Waals surface area contributed by atoms with Crippen molar-refractivity contribution >= 4 is 11.0 Å². The molecule has 3 heterocycles. The van der Waals surface area contributed by atoms with E-state index in [-0.39, 0.29) is 5.69 Å². The maximum absolute atomic E-state index is 12.9. The lowest BCUT2D eigenvalue weighted by Gasteiger charge is -2.26. The van der Waals surface area contributed by atoms with E-state index in [1.165, 1.54) is 5.56 Å². The minimum atomic E-state index is 0.0530. The van der Waals surface area contributed by atoms with Gasteiger partial charge in [0.2, 0.25) is 0 Å². The predicted molar refractivity (Wildman–Crippen MR) is 136 cm³/mol. The van der Waals surface area contributed by atoms with Gasteiger partial charge in [0.05, 0.1) is 42.7 Å². The molecule has 0 bridgehead atoms. The fourth-order valence-electron chi connectivity index (χ4n) is 5.02. The fourth-order valence-corrected chi connectivity index (χ4v) is 5.02. The molecule has 0 N–H and O–H groups in total. The molecule has 5 rings (SSSR count). The highest BCUT2D eigenvalue weighted by atomic mass is 16.5. The zero-order valence-corrected chi connectivity index (χ0v) is 20.3. The number of morpholine rings is 1. The third-order valence-electron chi connectivity index (χ3n) is 6.82. The van der Waals surface area contributed by atoms with Crippen molar-refractivity contribution < 1.29 is 4.74 Å². The van der Waals surface area contributed by atoms with Crippen molar-refractivity contribution in [3.63, 3.8) is 0 Å². The third kappa shape index (κ3) is 4.10. The van der Waals surface area contributed by atoms with Crippen LogP contribution in [0, 0.1) is 6.92 Å². The molecule has 0 amide bonds. The molecule has 2 aromatic carbocycles. The smallest absolute Gasteiger partial charge is 0.329 e. The van der Waals surface area contributed by atoms with Crippen LogP contribution in [0.4, 0.5) is 0 Å². The van der Waals surface area contributed by atoms with Gasteiger partial charge < -0.3 is 4.74 Å². The average molecular weight is 460 g/mol. The number of fused-ring (bicyclic) bond motifs is 1. The summed E-state index contributed by atoms with van der Waals surface area (Å²) < 4.78 is 11.3. The first kappa shape index (κ1) is 22.6. The first-order valence-electron chi connectivity index (χ1n) is 12.3. The Hall–Kier alpha value is -3.16. The number of aromatic nitrogens is 4. The van der Waals surface area contributed by atoms with Crippen LogP contribution in [0.2, 0.25) is 0 Å². The molecule has 0 atom stereocenters. The summed E-state index contributed by atoms with van der Waals surface area (Å²) in [5.41, 5.74) is 7.69. The molecule has 1 aliphatic heterocycles. The Morgan fingerprint density at radius 3 is 2.41 bits per heavy atom. The second-order valence-corrected chi connectivity index (χ2v) is 8.93. The maximum atomic E-state index is 12.9. The van der Waals surface area contributed by atoms with Gasteiger partial charge in [0, 0.05) is 43.9 Å². The molecular weight excluding hydrogens is 426 g/mol. The molecule has 4 aromatic rings. The van der Waals surface area contributed by atoms with Gasteiger partial charge in [0.15, 0.2) is 0 Å².